The first-order valence-corrected chi connectivity index (χ1v) is 10.4. The molecule has 0 unspecified atom stereocenters. The first-order chi connectivity index (χ1) is 14.6. The number of rotatable bonds is 7. The van der Waals surface area contributed by atoms with Crippen molar-refractivity contribution in [3.63, 3.8) is 0 Å². The maximum absolute atomic E-state index is 12.4. The zero-order chi connectivity index (χ0) is 20.9. The van der Waals surface area contributed by atoms with Crippen LogP contribution in [0.2, 0.25) is 0 Å². The molecule has 7 nitrogen and oxygen atoms in total. The van der Waals surface area contributed by atoms with Crippen LogP contribution in [-0.4, -0.2) is 33.8 Å². The molecule has 8 heteroatoms. The average Bonchev–Trinajstić information content (AvgIpc) is 3.20. The van der Waals surface area contributed by atoms with Gasteiger partial charge in [-0.2, -0.15) is 5.10 Å². The van der Waals surface area contributed by atoms with E-state index in [0.717, 1.165) is 21.5 Å². The first kappa shape index (κ1) is 19.8. The molecule has 0 fully saturated rings. The highest BCUT2D eigenvalue weighted by molar-refractivity contribution is 7.20. The van der Waals surface area contributed by atoms with Gasteiger partial charge < -0.3 is 10.1 Å². The van der Waals surface area contributed by atoms with E-state index in [-0.39, 0.29) is 24.6 Å². The first-order valence-electron chi connectivity index (χ1n) is 9.59. The summed E-state index contributed by atoms with van der Waals surface area (Å²) in [5.41, 5.74) is 2.13. The summed E-state index contributed by atoms with van der Waals surface area (Å²) in [4.78, 5) is 28.9. The Hall–Kier alpha value is -3.52. The zero-order valence-corrected chi connectivity index (χ0v) is 17.2. The Bertz CT molecular complexity index is 1200. The van der Waals surface area contributed by atoms with Crippen molar-refractivity contribution < 1.29 is 9.53 Å². The third-order valence-corrected chi connectivity index (χ3v) is 5.46. The Morgan fingerprint density at radius 1 is 1.10 bits per heavy atom. The standard InChI is InChI=1S/C22H20N4O3S/c1-2-29-16-9-7-15(8-10-16)17-11-12-20(27)26(25-17)14-13-23-21(28)22-24-18-5-3-4-6-19(18)30-22/h3-12H,2,13-14H2,1H3,(H,23,28). The number of thiazole rings is 1. The van der Waals surface area contributed by atoms with Crippen LogP contribution in [0.15, 0.2) is 65.5 Å². The maximum Gasteiger partial charge on any atom is 0.280 e. The summed E-state index contributed by atoms with van der Waals surface area (Å²) in [6.45, 7) is 3.07. The van der Waals surface area contributed by atoms with E-state index in [2.05, 4.69) is 15.4 Å². The summed E-state index contributed by atoms with van der Waals surface area (Å²) in [7, 11) is 0. The fraction of sp³-hybridized carbons (Fsp3) is 0.182. The lowest BCUT2D eigenvalue weighted by Crippen LogP contribution is -2.31. The van der Waals surface area contributed by atoms with Crippen molar-refractivity contribution in [3.8, 4) is 17.0 Å². The van der Waals surface area contributed by atoms with Crippen LogP contribution in [0, 0.1) is 0 Å². The van der Waals surface area contributed by atoms with Crippen molar-refractivity contribution in [1.29, 1.82) is 0 Å². The van der Waals surface area contributed by atoms with Crippen LogP contribution in [0.5, 0.6) is 5.75 Å². The Kier molecular flexibility index (Phi) is 5.85. The van der Waals surface area contributed by atoms with Crippen LogP contribution in [-0.2, 0) is 6.54 Å². The van der Waals surface area contributed by atoms with E-state index in [1.165, 1.54) is 22.1 Å². The molecule has 152 valence electrons. The molecule has 30 heavy (non-hydrogen) atoms. The van der Waals surface area contributed by atoms with Crippen LogP contribution < -0.4 is 15.6 Å². The van der Waals surface area contributed by atoms with E-state index in [4.69, 9.17) is 4.74 Å². The number of hydrogen-bond acceptors (Lipinski definition) is 6. The van der Waals surface area contributed by atoms with Crippen molar-refractivity contribution >= 4 is 27.5 Å². The molecule has 1 amide bonds. The molecule has 0 bridgehead atoms. The highest BCUT2D eigenvalue weighted by Crippen LogP contribution is 2.21. The van der Waals surface area contributed by atoms with Gasteiger partial charge in [0, 0.05) is 18.2 Å². The van der Waals surface area contributed by atoms with E-state index < -0.39 is 0 Å². The number of hydrogen-bond donors (Lipinski definition) is 1. The van der Waals surface area contributed by atoms with E-state index in [9.17, 15) is 9.59 Å². The van der Waals surface area contributed by atoms with Gasteiger partial charge in [0.05, 0.1) is 29.1 Å². The SMILES string of the molecule is CCOc1ccc(-c2ccc(=O)n(CCNC(=O)c3nc4ccccc4s3)n2)cc1. The molecule has 0 aliphatic carbocycles. The van der Waals surface area contributed by atoms with Gasteiger partial charge in [-0.3, -0.25) is 9.59 Å². The van der Waals surface area contributed by atoms with Gasteiger partial charge >= 0.3 is 0 Å². The number of benzene rings is 2. The number of fused-ring (bicyclic) bond motifs is 1. The second kappa shape index (κ2) is 8.87. The number of para-hydroxylation sites is 1. The molecular formula is C22H20N4O3S. The monoisotopic (exact) mass is 420 g/mol. The molecule has 2 aromatic heterocycles. The minimum Gasteiger partial charge on any atom is -0.494 e. The summed E-state index contributed by atoms with van der Waals surface area (Å²) < 4.78 is 7.76. The number of nitrogens with one attached hydrogen (secondary N) is 1. The fourth-order valence-electron chi connectivity index (χ4n) is 2.97. The van der Waals surface area contributed by atoms with Crippen molar-refractivity contribution in [2.75, 3.05) is 13.2 Å². The van der Waals surface area contributed by atoms with Gasteiger partial charge in [-0.1, -0.05) is 12.1 Å². The molecule has 2 heterocycles. The van der Waals surface area contributed by atoms with Crippen LogP contribution in [0.3, 0.4) is 0 Å². The molecule has 0 saturated carbocycles. The number of aromatic nitrogens is 3. The summed E-state index contributed by atoms with van der Waals surface area (Å²) in [5.74, 6) is 0.527. The molecule has 0 atom stereocenters. The van der Waals surface area contributed by atoms with Crippen LogP contribution in [0.25, 0.3) is 21.5 Å². The van der Waals surface area contributed by atoms with E-state index >= 15 is 0 Å². The van der Waals surface area contributed by atoms with E-state index in [1.54, 1.807) is 6.07 Å². The third kappa shape index (κ3) is 4.38. The van der Waals surface area contributed by atoms with Crippen molar-refractivity contribution in [2.45, 2.75) is 13.5 Å². The summed E-state index contributed by atoms with van der Waals surface area (Å²) in [6, 6.07) is 18.3. The van der Waals surface area contributed by atoms with Crippen molar-refractivity contribution in [1.82, 2.24) is 20.1 Å². The number of amides is 1. The Morgan fingerprint density at radius 3 is 2.67 bits per heavy atom. The molecular weight excluding hydrogens is 400 g/mol. The Morgan fingerprint density at radius 2 is 1.90 bits per heavy atom. The summed E-state index contributed by atoms with van der Waals surface area (Å²) >= 11 is 1.34. The van der Waals surface area contributed by atoms with Gasteiger partial charge in [0.1, 0.15) is 5.75 Å². The van der Waals surface area contributed by atoms with Gasteiger partial charge in [-0.05, 0) is 49.4 Å². The van der Waals surface area contributed by atoms with Gasteiger partial charge in [-0.15, -0.1) is 11.3 Å². The van der Waals surface area contributed by atoms with Crippen molar-refractivity contribution in [2.24, 2.45) is 0 Å². The van der Waals surface area contributed by atoms with Gasteiger partial charge in [0.25, 0.3) is 11.5 Å². The molecule has 0 spiro atoms. The fourth-order valence-corrected chi connectivity index (χ4v) is 3.85. The highest BCUT2D eigenvalue weighted by Gasteiger charge is 2.12. The number of carbonyl (C=O) groups excluding carboxylic acids is 1. The third-order valence-electron chi connectivity index (χ3n) is 4.42. The molecule has 4 aromatic rings. The lowest BCUT2D eigenvalue weighted by Gasteiger charge is -2.09. The highest BCUT2D eigenvalue weighted by atomic mass is 32.1. The minimum absolute atomic E-state index is 0.223. The topological polar surface area (TPSA) is 86.1 Å². The van der Waals surface area contributed by atoms with Gasteiger partial charge in [0.2, 0.25) is 0 Å². The number of nitrogens with zero attached hydrogens (tertiary/aromatic N) is 3. The number of carbonyl (C=O) groups is 1. The maximum atomic E-state index is 12.4. The smallest absolute Gasteiger partial charge is 0.280 e. The molecule has 0 saturated heterocycles. The quantitative estimate of drug-likeness (QED) is 0.496. The predicted molar refractivity (Wildman–Crippen MR) is 117 cm³/mol. The largest absolute Gasteiger partial charge is 0.494 e. The molecule has 2 aromatic carbocycles. The van der Waals surface area contributed by atoms with Crippen molar-refractivity contribution in [3.05, 3.63) is 76.0 Å². The Labute approximate surface area is 177 Å². The molecule has 0 radical (unpaired) electrons. The lowest BCUT2D eigenvalue weighted by molar-refractivity contribution is 0.0951. The molecule has 0 aliphatic heterocycles. The number of ether oxygens (including phenoxy) is 1. The zero-order valence-electron chi connectivity index (χ0n) is 16.4. The normalized spacial score (nSPS) is 10.8. The second-order valence-corrected chi connectivity index (χ2v) is 7.51. The van der Waals surface area contributed by atoms with Gasteiger partial charge in [0.15, 0.2) is 5.01 Å². The minimum atomic E-state index is -0.257. The molecule has 1 N–H and O–H groups in total. The summed E-state index contributed by atoms with van der Waals surface area (Å²) in [5, 5.41) is 7.63. The van der Waals surface area contributed by atoms with Gasteiger partial charge in [-0.25, -0.2) is 9.67 Å². The second-order valence-electron chi connectivity index (χ2n) is 6.48. The summed E-state index contributed by atoms with van der Waals surface area (Å²) in [6.07, 6.45) is 0. The van der Waals surface area contributed by atoms with Crippen LogP contribution >= 0.6 is 11.3 Å². The Balaban J connectivity index is 1.42. The molecule has 0 aliphatic rings. The van der Waals surface area contributed by atoms with E-state index in [0.29, 0.717) is 17.3 Å². The lowest BCUT2D eigenvalue weighted by atomic mass is 10.1. The van der Waals surface area contributed by atoms with Crippen LogP contribution in [0.4, 0.5) is 0 Å². The predicted octanol–water partition coefficient (Wildman–Crippen LogP) is 3.35. The van der Waals surface area contributed by atoms with E-state index in [1.807, 2.05) is 55.5 Å². The van der Waals surface area contributed by atoms with Crippen LogP contribution in [0.1, 0.15) is 16.7 Å². The molecule has 4 rings (SSSR count). The average molecular weight is 420 g/mol.